The fourth-order valence-corrected chi connectivity index (χ4v) is 2.68. The molecule has 2 fully saturated rings. The molecule has 0 spiro atoms. The van der Waals surface area contributed by atoms with E-state index in [1.165, 1.54) is 12.8 Å². The zero-order chi connectivity index (χ0) is 12.5. The van der Waals surface area contributed by atoms with Crippen molar-refractivity contribution in [2.45, 2.75) is 64.3 Å². The van der Waals surface area contributed by atoms with Crippen LogP contribution in [0.5, 0.6) is 0 Å². The van der Waals surface area contributed by atoms with Crippen LogP contribution in [0.1, 0.15) is 46.5 Å². The second-order valence-electron chi connectivity index (χ2n) is 6.18. The second-order valence-corrected chi connectivity index (χ2v) is 6.18. The number of alkyl carbamates (subject to hydrolysis) is 1. The third-order valence-electron chi connectivity index (χ3n) is 3.32. The molecule has 0 aliphatic carbocycles. The number of ether oxygens (including phenoxy) is 2. The molecule has 4 heteroatoms. The third kappa shape index (κ3) is 3.87. The molecule has 2 rings (SSSR count). The molecule has 0 radical (unpaired) electrons. The van der Waals surface area contributed by atoms with Crippen LogP contribution in [0.2, 0.25) is 0 Å². The first-order chi connectivity index (χ1) is 7.92. The molecule has 2 atom stereocenters. The van der Waals surface area contributed by atoms with Gasteiger partial charge in [-0.25, -0.2) is 4.79 Å². The smallest absolute Gasteiger partial charge is 0.407 e. The van der Waals surface area contributed by atoms with Gasteiger partial charge in [0, 0.05) is 6.54 Å². The van der Waals surface area contributed by atoms with Gasteiger partial charge in [-0.2, -0.15) is 0 Å². The number of rotatable bonds is 2. The Morgan fingerprint density at radius 2 is 1.88 bits per heavy atom. The van der Waals surface area contributed by atoms with Crippen LogP contribution in [0.4, 0.5) is 4.79 Å². The van der Waals surface area contributed by atoms with Gasteiger partial charge >= 0.3 is 6.09 Å². The lowest BCUT2D eigenvalue weighted by molar-refractivity contribution is -0.0197. The number of carbonyl (C=O) groups is 1. The van der Waals surface area contributed by atoms with E-state index in [4.69, 9.17) is 9.47 Å². The van der Waals surface area contributed by atoms with Crippen LogP contribution in [0.15, 0.2) is 0 Å². The Balaban J connectivity index is 1.70. The molecule has 1 amide bonds. The van der Waals surface area contributed by atoms with E-state index in [1.807, 2.05) is 20.8 Å². The molecule has 2 heterocycles. The molecule has 2 aliphatic heterocycles. The maximum Gasteiger partial charge on any atom is 0.407 e. The van der Waals surface area contributed by atoms with Crippen LogP contribution >= 0.6 is 0 Å². The number of nitrogens with one attached hydrogen (secondary N) is 1. The summed E-state index contributed by atoms with van der Waals surface area (Å²) in [7, 11) is 0. The van der Waals surface area contributed by atoms with Gasteiger partial charge in [0.05, 0.1) is 12.2 Å². The molecule has 2 saturated heterocycles. The lowest BCUT2D eigenvalue weighted by atomic mass is 9.96. The van der Waals surface area contributed by atoms with E-state index >= 15 is 0 Å². The summed E-state index contributed by atoms with van der Waals surface area (Å²) in [5.74, 6) is 0.550. The predicted molar refractivity (Wildman–Crippen MR) is 64.9 cm³/mol. The first-order valence-electron chi connectivity index (χ1n) is 6.55. The average molecular weight is 241 g/mol. The largest absolute Gasteiger partial charge is 0.444 e. The molecule has 0 aromatic rings. The Kier molecular flexibility index (Phi) is 3.61. The number of carbonyl (C=O) groups excluding carboxylic acids is 1. The fraction of sp³-hybridized carbons (Fsp3) is 0.923. The Bertz CT molecular complexity index is 273. The van der Waals surface area contributed by atoms with Crippen molar-refractivity contribution in [3.8, 4) is 0 Å². The maximum atomic E-state index is 11.5. The minimum atomic E-state index is -0.418. The van der Waals surface area contributed by atoms with Crippen LogP contribution in [0.3, 0.4) is 0 Å². The summed E-state index contributed by atoms with van der Waals surface area (Å²) in [6.07, 6.45) is 5.08. The lowest BCUT2D eigenvalue weighted by Crippen LogP contribution is -2.38. The van der Waals surface area contributed by atoms with Gasteiger partial charge in [0.1, 0.15) is 5.60 Å². The standard InChI is InChI=1S/C13H23NO3/c1-13(2,3)17-12(15)14-8-9-6-10-4-5-11(7-9)16-10/h9-11H,4-8H2,1-3H3,(H,14,15). The summed E-state index contributed by atoms with van der Waals surface area (Å²) >= 11 is 0. The Morgan fingerprint density at radius 1 is 1.29 bits per heavy atom. The number of hydrogen-bond donors (Lipinski definition) is 1. The van der Waals surface area contributed by atoms with Crippen LogP contribution in [-0.2, 0) is 9.47 Å². The van der Waals surface area contributed by atoms with E-state index < -0.39 is 5.60 Å². The highest BCUT2D eigenvalue weighted by molar-refractivity contribution is 5.67. The maximum absolute atomic E-state index is 11.5. The second kappa shape index (κ2) is 4.84. The Morgan fingerprint density at radius 3 is 2.41 bits per heavy atom. The van der Waals surface area contributed by atoms with Crippen molar-refractivity contribution in [2.75, 3.05) is 6.54 Å². The highest BCUT2D eigenvalue weighted by atomic mass is 16.6. The molecule has 0 aromatic heterocycles. The van der Waals surface area contributed by atoms with Crippen LogP contribution in [0, 0.1) is 5.92 Å². The zero-order valence-electron chi connectivity index (χ0n) is 11.0. The van der Waals surface area contributed by atoms with Crippen LogP contribution < -0.4 is 5.32 Å². The highest BCUT2D eigenvalue weighted by Crippen LogP contribution is 2.35. The first-order valence-corrected chi connectivity index (χ1v) is 6.55. The molecule has 0 aromatic carbocycles. The van der Waals surface area contributed by atoms with Crippen molar-refractivity contribution in [3.05, 3.63) is 0 Å². The lowest BCUT2D eigenvalue weighted by Gasteiger charge is -2.28. The fourth-order valence-electron chi connectivity index (χ4n) is 2.68. The summed E-state index contributed by atoms with van der Waals surface area (Å²) in [6, 6.07) is 0. The van der Waals surface area contributed by atoms with Crippen molar-refractivity contribution in [1.29, 1.82) is 0 Å². The van der Waals surface area contributed by atoms with Gasteiger partial charge in [0.15, 0.2) is 0 Å². The van der Waals surface area contributed by atoms with Crippen molar-refractivity contribution < 1.29 is 14.3 Å². The zero-order valence-corrected chi connectivity index (χ0v) is 11.0. The minimum Gasteiger partial charge on any atom is -0.444 e. The average Bonchev–Trinajstić information content (AvgIpc) is 2.53. The number of fused-ring (bicyclic) bond motifs is 2. The van der Waals surface area contributed by atoms with Crippen molar-refractivity contribution >= 4 is 6.09 Å². The van der Waals surface area contributed by atoms with Gasteiger partial charge in [-0.3, -0.25) is 0 Å². The predicted octanol–water partition coefficient (Wildman–Crippen LogP) is 2.47. The molecule has 1 N–H and O–H groups in total. The third-order valence-corrected chi connectivity index (χ3v) is 3.32. The van der Waals surface area contributed by atoms with Gasteiger partial charge in [0.2, 0.25) is 0 Å². The molecule has 2 aliphatic rings. The summed E-state index contributed by atoms with van der Waals surface area (Å²) < 4.78 is 11.0. The topological polar surface area (TPSA) is 47.6 Å². The Hall–Kier alpha value is -0.770. The van der Waals surface area contributed by atoms with Crippen molar-refractivity contribution in [3.63, 3.8) is 0 Å². The summed E-state index contributed by atoms with van der Waals surface area (Å²) in [5, 5.41) is 2.86. The van der Waals surface area contributed by atoms with Gasteiger partial charge in [-0.15, -0.1) is 0 Å². The molecule has 2 bridgehead atoms. The van der Waals surface area contributed by atoms with Crippen LogP contribution in [-0.4, -0.2) is 30.4 Å². The molecule has 2 unspecified atom stereocenters. The van der Waals surface area contributed by atoms with E-state index in [0.717, 1.165) is 12.8 Å². The van der Waals surface area contributed by atoms with E-state index in [9.17, 15) is 4.79 Å². The first kappa shape index (κ1) is 12.7. The van der Waals surface area contributed by atoms with E-state index in [-0.39, 0.29) is 6.09 Å². The van der Waals surface area contributed by atoms with Gasteiger partial charge in [-0.1, -0.05) is 0 Å². The quantitative estimate of drug-likeness (QED) is 0.808. The Labute approximate surface area is 103 Å². The van der Waals surface area contributed by atoms with Gasteiger partial charge < -0.3 is 14.8 Å². The molecule has 17 heavy (non-hydrogen) atoms. The van der Waals surface area contributed by atoms with Crippen molar-refractivity contribution in [1.82, 2.24) is 5.32 Å². The normalized spacial score (nSPS) is 32.3. The molecule has 4 nitrogen and oxygen atoms in total. The van der Waals surface area contributed by atoms with E-state index in [1.54, 1.807) is 0 Å². The van der Waals surface area contributed by atoms with E-state index in [0.29, 0.717) is 24.7 Å². The summed E-state index contributed by atoms with van der Waals surface area (Å²) in [5.41, 5.74) is -0.418. The summed E-state index contributed by atoms with van der Waals surface area (Å²) in [6.45, 7) is 6.34. The minimum absolute atomic E-state index is 0.309. The van der Waals surface area contributed by atoms with Gasteiger partial charge in [0.25, 0.3) is 0 Å². The number of hydrogen-bond acceptors (Lipinski definition) is 3. The monoisotopic (exact) mass is 241 g/mol. The van der Waals surface area contributed by atoms with E-state index in [2.05, 4.69) is 5.32 Å². The SMILES string of the molecule is CC(C)(C)OC(=O)NCC1CC2CCC(C1)O2. The van der Waals surface area contributed by atoms with Crippen LogP contribution in [0.25, 0.3) is 0 Å². The molecular weight excluding hydrogens is 218 g/mol. The molecule has 98 valence electrons. The highest BCUT2D eigenvalue weighted by Gasteiger charge is 2.35. The summed E-state index contributed by atoms with van der Waals surface area (Å²) in [4.78, 5) is 11.5. The molecular formula is C13H23NO3. The molecule has 0 saturated carbocycles. The van der Waals surface area contributed by atoms with Crippen molar-refractivity contribution in [2.24, 2.45) is 5.92 Å². The van der Waals surface area contributed by atoms with Gasteiger partial charge in [-0.05, 0) is 52.4 Å². The number of amides is 1.